The normalized spacial score (nSPS) is 18.0. The van der Waals surface area contributed by atoms with Crippen LogP contribution in [0, 0.1) is 0 Å². The first-order valence-electron chi connectivity index (χ1n) is 9.41. The van der Waals surface area contributed by atoms with Crippen molar-refractivity contribution in [2.24, 2.45) is 5.10 Å². The summed E-state index contributed by atoms with van der Waals surface area (Å²) in [5.74, 6) is -0.918. The molecule has 0 aromatic heterocycles. The standard InChI is InChI=1S/C21H21BrN4O2.ClH/c22-15-6-9-17-18(12-15)19(21(28)23-20(17)27)25-24-16-7-4-14(5-8-16)13-26-10-2-1-3-11-26;/h4-9,12,24H,1-3,10-11,13H2,(H,23,27,28);1H/b25-19+;. The third-order valence-electron chi connectivity index (χ3n) is 5.03. The fourth-order valence-electron chi connectivity index (χ4n) is 3.55. The average Bonchev–Trinajstić information content (AvgIpc) is 2.69. The van der Waals surface area contributed by atoms with Crippen LogP contribution in [0.15, 0.2) is 52.0 Å². The van der Waals surface area contributed by atoms with Gasteiger partial charge in [-0.15, -0.1) is 12.4 Å². The predicted molar refractivity (Wildman–Crippen MR) is 120 cm³/mol. The van der Waals surface area contributed by atoms with E-state index in [2.05, 4.69) is 48.8 Å². The molecule has 0 spiro atoms. The highest BCUT2D eigenvalue weighted by Gasteiger charge is 2.29. The van der Waals surface area contributed by atoms with Crippen LogP contribution in [0.5, 0.6) is 0 Å². The van der Waals surface area contributed by atoms with E-state index < -0.39 is 11.8 Å². The van der Waals surface area contributed by atoms with Crippen molar-refractivity contribution in [1.29, 1.82) is 0 Å². The van der Waals surface area contributed by atoms with Crippen molar-refractivity contribution in [3.8, 4) is 0 Å². The molecule has 0 saturated carbocycles. The van der Waals surface area contributed by atoms with E-state index in [-0.39, 0.29) is 18.1 Å². The molecular weight excluding hydrogens is 456 g/mol. The molecule has 0 unspecified atom stereocenters. The molecule has 0 atom stereocenters. The van der Waals surface area contributed by atoms with Crippen LogP contribution in [0.4, 0.5) is 5.69 Å². The number of nitrogens with zero attached hydrogens (tertiary/aromatic N) is 2. The number of nitrogens with one attached hydrogen (secondary N) is 2. The Labute approximate surface area is 184 Å². The highest BCUT2D eigenvalue weighted by Crippen LogP contribution is 2.21. The van der Waals surface area contributed by atoms with Crippen molar-refractivity contribution < 1.29 is 9.59 Å². The van der Waals surface area contributed by atoms with Crippen molar-refractivity contribution in [3.05, 3.63) is 63.6 Å². The summed E-state index contributed by atoms with van der Waals surface area (Å²) in [4.78, 5) is 26.7. The van der Waals surface area contributed by atoms with Crippen molar-refractivity contribution in [1.82, 2.24) is 10.2 Å². The van der Waals surface area contributed by atoms with Crippen LogP contribution < -0.4 is 10.7 Å². The number of likely N-dealkylation sites (tertiary alicyclic amines) is 1. The van der Waals surface area contributed by atoms with Gasteiger partial charge in [-0.2, -0.15) is 5.10 Å². The monoisotopic (exact) mass is 476 g/mol. The van der Waals surface area contributed by atoms with Crippen molar-refractivity contribution in [3.63, 3.8) is 0 Å². The van der Waals surface area contributed by atoms with E-state index in [1.165, 1.54) is 24.8 Å². The van der Waals surface area contributed by atoms with E-state index in [9.17, 15) is 9.59 Å². The summed E-state index contributed by atoms with van der Waals surface area (Å²) < 4.78 is 0.781. The summed E-state index contributed by atoms with van der Waals surface area (Å²) >= 11 is 3.38. The number of imide groups is 1. The van der Waals surface area contributed by atoms with Gasteiger partial charge < -0.3 is 0 Å². The van der Waals surface area contributed by atoms with Gasteiger partial charge in [0, 0.05) is 22.1 Å². The Bertz CT molecular complexity index is 940. The van der Waals surface area contributed by atoms with Crippen LogP contribution in [0.3, 0.4) is 0 Å². The molecule has 0 radical (unpaired) electrons. The van der Waals surface area contributed by atoms with Gasteiger partial charge in [-0.25, -0.2) is 0 Å². The van der Waals surface area contributed by atoms with E-state index in [0.717, 1.165) is 29.8 Å². The maximum Gasteiger partial charge on any atom is 0.279 e. The minimum Gasteiger partial charge on any atom is -0.299 e. The molecule has 0 bridgehead atoms. The number of hydrazone groups is 1. The highest BCUT2D eigenvalue weighted by molar-refractivity contribution is 9.10. The zero-order valence-corrected chi connectivity index (χ0v) is 18.2. The van der Waals surface area contributed by atoms with Gasteiger partial charge in [0.25, 0.3) is 11.8 Å². The van der Waals surface area contributed by atoms with Crippen LogP contribution in [0.2, 0.25) is 0 Å². The van der Waals surface area contributed by atoms with Crippen molar-refractivity contribution in [2.75, 3.05) is 18.5 Å². The topological polar surface area (TPSA) is 73.8 Å². The Kier molecular flexibility index (Phi) is 7.05. The first-order chi connectivity index (χ1) is 13.6. The Morgan fingerprint density at radius 2 is 1.69 bits per heavy atom. The Morgan fingerprint density at radius 3 is 2.41 bits per heavy atom. The quantitative estimate of drug-likeness (QED) is 0.517. The number of hydrogen-bond donors (Lipinski definition) is 2. The molecule has 6 nitrogen and oxygen atoms in total. The maximum absolute atomic E-state index is 12.3. The van der Waals surface area contributed by atoms with Gasteiger partial charge in [-0.3, -0.25) is 25.2 Å². The van der Waals surface area contributed by atoms with Crippen LogP contribution >= 0.6 is 28.3 Å². The lowest BCUT2D eigenvalue weighted by molar-refractivity contribution is -0.114. The number of rotatable bonds is 4. The summed E-state index contributed by atoms with van der Waals surface area (Å²) in [6.07, 6.45) is 3.89. The Morgan fingerprint density at radius 1 is 0.966 bits per heavy atom. The van der Waals surface area contributed by atoms with Gasteiger partial charge >= 0.3 is 0 Å². The maximum atomic E-state index is 12.3. The summed E-state index contributed by atoms with van der Waals surface area (Å²) in [5, 5.41) is 6.59. The summed E-state index contributed by atoms with van der Waals surface area (Å²) in [5.41, 5.74) is 6.12. The number of benzene rings is 2. The lowest BCUT2D eigenvalue weighted by atomic mass is 9.98. The molecule has 152 valence electrons. The third-order valence-corrected chi connectivity index (χ3v) is 5.52. The molecule has 2 amide bonds. The number of amides is 2. The molecule has 2 heterocycles. The summed E-state index contributed by atoms with van der Waals surface area (Å²) in [7, 11) is 0. The molecule has 2 N–H and O–H groups in total. The minimum atomic E-state index is -0.509. The molecule has 1 fully saturated rings. The number of piperidine rings is 1. The van der Waals surface area contributed by atoms with E-state index in [1.807, 2.05) is 12.1 Å². The molecule has 4 rings (SSSR count). The number of fused-ring (bicyclic) bond motifs is 1. The van der Waals surface area contributed by atoms with Gasteiger partial charge in [0.1, 0.15) is 0 Å². The fraction of sp³-hybridized carbons (Fsp3) is 0.286. The van der Waals surface area contributed by atoms with Crippen LogP contribution in [-0.2, 0) is 11.3 Å². The molecule has 2 aliphatic rings. The smallest absolute Gasteiger partial charge is 0.279 e. The third kappa shape index (κ3) is 5.04. The second kappa shape index (κ2) is 9.52. The van der Waals surface area contributed by atoms with E-state index >= 15 is 0 Å². The zero-order chi connectivity index (χ0) is 19.5. The largest absolute Gasteiger partial charge is 0.299 e. The number of carbonyl (C=O) groups is 2. The molecular formula is C21H22BrClN4O2. The van der Waals surface area contributed by atoms with Gasteiger partial charge in [-0.05, 0) is 61.8 Å². The number of anilines is 1. The molecule has 2 aliphatic heterocycles. The zero-order valence-electron chi connectivity index (χ0n) is 15.8. The summed E-state index contributed by atoms with van der Waals surface area (Å²) in [6, 6.07) is 13.2. The first kappa shape index (κ1) is 21.5. The lowest BCUT2D eigenvalue weighted by Gasteiger charge is -2.26. The molecule has 2 aromatic rings. The van der Waals surface area contributed by atoms with Gasteiger partial charge in [0.15, 0.2) is 5.71 Å². The lowest BCUT2D eigenvalue weighted by Crippen LogP contribution is -2.42. The van der Waals surface area contributed by atoms with Gasteiger partial charge in [0.05, 0.1) is 5.69 Å². The highest BCUT2D eigenvalue weighted by atomic mass is 79.9. The van der Waals surface area contributed by atoms with Gasteiger partial charge in [0.2, 0.25) is 0 Å². The van der Waals surface area contributed by atoms with Gasteiger partial charge in [-0.1, -0.05) is 34.5 Å². The predicted octanol–water partition coefficient (Wildman–Crippen LogP) is 3.94. The van der Waals surface area contributed by atoms with E-state index in [0.29, 0.717) is 11.1 Å². The molecule has 8 heteroatoms. The van der Waals surface area contributed by atoms with Crippen molar-refractivity contribution >= 4 is 51.6 Å². The van der Waals surface area contributed by atoms with Crippen molar-refractivity contribution in [2.45, 2.75) is 25.8 Å². The van der Waals surface area contributed by atoms with Crippen LogP contribution in [0.25, 0.3) is 0 Å². The number of halogens is 2. The fourth-order valence-corrected chi connectivity index (χ4v) is 3.92. The Hall–Kier alpha value is -2.22. The summed E-state index contributed by atoms with van der Waals surface area (Å²) in [6.45, 7) is 3.29. The number of carbonyl (C=O) groups excluding carboxylic acids is 2. The Balaban J connectivity index is 0.00000240. The molecule has 29 heavy (non-hydrogen) atoms. The van der Waals surface area contributed by atoms with Crippen LogP contribution in [-0.4, -0.2) is 35.5 Å². The second-order valence-electron chi connectivity index (χ2n) is 7.08. The van der Waals surface area contributed by atoms with E-state index in [1.54, 1.807) is 18.2 Å². The average molecular weight is 478 g/mol. The first-order valence-corrected chi connectivity index (χ1v) is 10.2. The SMILES string of the molecule is Cl.O=C1NC(=O)c2ccc(Br)cc2/C1=N\Nc1ccc(CN2CCCCC2)cc1. The van der Waals surface area contributed by atoms with E-state index in [4.69, 9.17) is 0 Å². The second-order valence-corrected chi connectivity index (χ2v) is 7.99. The van der Waals surface area contributed by atoms with Crippen LogP contribution in [0.1, 0.15) is 40.7 Å². The minimum absolute atomic E-state index is 0. The molecule has 1 saturated heterocycles. The molecule has 2 aromatic carbocycles. The number of hydrogen-bond acceptors (Lipinski definition) is 5. The molecule has 0 aliphatic carbocycles.